The van der Waals surface area contributed by atoms with Crippen molar-refractivity contribution in [3.05, 3.63) is 90.1 Å². The normalized spacial score (nSPS) is 11.0. The van der Waals surface area contributed by atoms with Crippen molar-refractivity contribution in [2.75, 3.05) is 13.8 Å². The predicted octanol–water partition coefficient (Wildman–Crippen LogP) is 4.22. The Morgan fingerprint density at radius 2 is 1.22 bits per heavy atom. The van der Waals surface area contributed by atoms with E-state index in [1.807, 2.05) is 13.8 Å². The number of amides is 1. The van der Waals surface area contributed by atoms with Gasteiger partial charge in [-0.1, -0.05) is 46.6 Å². The van der Waals surface area contributed by atoms with E-state index in [4.69, 9.17) is 32.1 Å². The number of hydrogen-bond acceptors (Lipinski definition) is 16. The van der Waals surface area contributed by atoms with Gasteiger partial charge in [-0.15, -0.1) is 0 Å². The number of aromatic nitrogens is 5. The Hall–Kier alpha value is -4.97. The molecule has 18 heteroatoms. The molecule has 0 aromatic carbocycles. The van der Waals surface area contributed by atoms with Crippen molar-refractivity contribution in [1.82, 2.24) is 30.7 Å². The topological polar surface area (TPSA) is 251 Å². The summed E-state index contributed by atoms with van der Waals surface area (Å²) in [7, 11) is 1.46. The van der Waals surface area contributed by atoms with Crippen molar-refractivity contribution in [2.24, 2.45) is 5.73 Å². The summed E-state index contributed by atoms with van der Waals surface area (Å²) in [5.41, 5.74) is 5.60. The van der Waals surface area contributed by atoms with Gasteiger partial charge in [0.15, 0.2) is 11.5 Å². The molecule has 46 heavy (non-hydrogen) atoms. The second-order valence-corrected chi connectivity index (χ2v) is 8.94. The predicted molar refractivity (Wildman–Crippen MR) is 159 cm³/mol. The van der Waals surface area contributed by atoms with Crippen molar-refractivity contribution < 1.29 is 47.2 Å². The molecule has 0 aliphatic carbocycles. The van der Waals surface area contributed by atoms with E-state index in [1.165, 1.54) is 44.0 Å². The molecule has 0 spiro atoms. The van der Waals surface area contributed by atoms with E-state index in [-0.39, 0.29) is 36.0 Å². The van der Waals surface area contributed by atoms with Crippen molar-refractivity contribution in [2.45, 2.75) is 52.2 Å². The fourth-order valence-electron chi connectivity index (χ4n) is 2.65. The first kappa shape index (κ1) is 39.1. The molecule has 1 amide bonds. The molecule has 5 heterocycles. The number of nitrogens with zero attached hydrogens (tertiary/aromatic N) is 6. The Bertz CT molecular complexity index is 1400. The molecule has 0 bridgehead atoms. The van der Waals surface area contributed by atoms with Crippen molar-refractivity contribution in [3.8, 4) is 0 Å². The van der Waals surface area contributed by atoms with Crippen LogP contribution in [0.5, 0.6) is 0 Å². The lowest BCUT2D eigenvalue weighted by molar-refractivity contribution is 0.0589. The fraction of sp³-hybridized carbons (Fsp3) is 0.357. The molecule has 5 rings (SSSR count). The monoisotopic (exact) mass is 665 g/mol. The van der Waals surface area contributed by atoms with Gasteiger partial charge in [-0.25, -0.2) is 0 Å². The number of hydrogen-bond donors (Lipinski definition) is 3. The maximum Gasteiger partial charge on any atom is 0.294 e. The molecule has 2 unspecified atom stereocenters. The van der Waals surface area contributed by atoms with Crippen LogP contribution in [0.4, 0.5) is 0 Å². The molecular weight excluding hydrogens is 630 g/mol. The zero-order chi connectivity index (χ0) is 34.3. The molecule has 0 aliphatic heterocycles. The summed E-state index contributed by atoms with van der Waals surface area (Å²) in [6, 6.07) is 7.85. The first-order chi connectivity index (χ1) is 22.1. The molecule has 0 radical (unpaired) electrons. The van der Waals surface area contributed by atoms with Crippen LogP contribution < -0.4 is 5.73 Å². The average molecular weight is 666 g/mol. The van der Waals surface area contributed by atoms with Gasteiger partial charge in [0.05, 0.1) is 37.0 Å². The van der Waals surface area contributed by atoms with Gasteiger partial charge in [-0.2, -0.15) is 0 Å². The third kappa shape index (κ3) is 14.7. The van der Waals surface area contributed by atoms with Crippen LogP contribution in [0, 0.1) is 0 Å². The number of Topliss-reactive ketones (excluding diaryl/α,β-unsaturated/α-hetero) is 1. The van der Waals surface area contributed by atoms with Crippen LogP contribution in [-0.2, 0) is 0 Å². The van der Waals surface area contributed by atoms with Crippen LogP contribution in [0.2, 0.25) is 0 Å². The van der Waals surface area contributed by atoms with E-state index in [1.54, 1.807) is 31.3 Å². The van der Waals surface area contributed by atoms with Crippen molar-refractivity contribution >= 4 is 28.5 Å². The Labute approximate surface area is 268 Å². The number of carbonyl (C=O) groups is 3. The second kappa shape index (κ2) is 22.5. The molecule has 250 valence electrons. The molecular formula is C28H36ClN7O10. The largest absolute Gasteiger partial charge is 0.385 e. The van der Waals surface area contributed by atoms with E-state index in [0.29, 0.717) is 24.4 Å². The Morgan fingerprint density at radius 1 is 0.761 bits per heavy atom. The lowest BCUT2D eigenvalue weighted by Gasteiger charge is -2.09. The number of aliphatic hydroxyl groups is 2. The summed E-state index contributed by atoms with van der Waals surface area (Å²) in [4.78, 5) is 33.1. The number of rotatable bonds is 9. The van der Waals surface area contributed by atoms with Crippen LogP contribution in [-0.4, -0.2) is 71.6 Å². The SMILES string of the molecule is CCC(=O)c1ccno1.CCC(N)c1ccno1.CCC(O)c1ccno1.CN(CO)C(=O)c1ccno1.O=C(Cl)c1ccno1. The number of ketones is 1. The zero-order valence-electron chi connectivity index (χ0n) is 25.6. The standard InChI is InChI=1S/C6H8N2O3.C6H10N2O.C6H9NO2.C6H7NO2.C4H2ClNO2/c1-8(4-9)6(10)5-2-3-7-11-5;1-2-5(7)6-3-4-8-9-6;2*1-2-5(8)6-3-4-7-9-6;5-4(7)3-1-2-6-8-3/h2-3,9H,4H2,1H3;3-5H,2,7H2,1H3;3-5,8H,2H2,1H3;3-4H,2H2,1H3;1-2H. The minimum absolute atomic E-state index is 0.00694. The lowest BCUT2D eigenvalue weighted by Crippen LogP contribution is -2.26. The highest BCUT2D eigenvalue weighted by Gasteiger charge is 2.13. The summed E-state index contributed by atoms with van der Waals surface area (Å²) < 4.78 is 23.0. The minimum atomic E-state index is -0.623. The molecule has 5 aromatic heterocycles. The first-order valence-electron chi connectivity index (χ1n) is 13.6. The van der Waals surface area contributed by atoms with Crippen LogP contribution in [0.15, 0.2) is 83.9 Å². The molecule has 0 saturated heterocycles. The highest BCUT2D eigenvalue weighted by atomic mass is 35.5. The van der Waals surface area contributed by atoms with E-state index < -0.39 is 11.3 Å². The quantitative estimate of drug-likeness (QED) is 0.113. The summed E-state index contributed by atoms with van der Waals surface area (Å²) >= 11 is 4.97. The van der Waals surface area contributed by atoms with Crippen LogP contribution >= 0.6 is 11.6 Å². The third-order valence-electron chi connectivity index (χ3n) is 5.31. The van der Waals surface area contributed by atoms with Gasteiger partial charge in [-0.3, -0.25) is 14.4 Å². The Kier molecular flexibility index (Phi) is 19.1. The number of halogens is 1. The third-order valence-corrected chi connectivity index (χ3v) is 5.49. The van der Waals surface area contributed by atoms with E-state index in [2.05, 4.69) is 43.9 Å². The highest BCUT2D eigenvalue weighted by Crippen LogP contribution is 2.13. The van der Waals surface area contributed by atoms with Gasteiger partial charge in [0.2, 0.25) is 23.1 Å². The molecule has 2 atom stereocenters. The molecule has 5 aromatic rings. The van der Waals surface area contributed by atoms with Gasteiger partial charge in [0, 0.05) is 43.8 Å². The highest BCUT2D eigenvalue weighted by molar-refractivity contribution is 6.67. The van der Waals surface area contributed by atoms with Gasteiger partial charge in [-0.05, 0) is 24.4 Å². The summed E-state index contributed by atoms with van der Waals surface area (Å²) in [6.07, 6.45) is 8.84. The number of aliphatic hydroxyl groups excluding tert-OH is 2. The second-order valence-electron chi connectivity index (χ2n) is 8.59. The van der Waals surface area contributed by atoms with E-state index in [9.17, 15) is 14.4 Å². The molecule has 0 saturated carbocycles. The first-order valence-corrected chi connectivity index (χ1v) is 14.0. The average Bonchev–Trinajstić information content (AvgIpc) is 3.94. The number of nitrogens with two attached hydrogens (primary N) is 1. The molecule has 4 N–H and O–H groups in total. The molecule has 17 nitrogen and oxygen atoms in total. The summed E-state index contributed by atoms with van der Waals surface area (Å²) in [5.74, 6) is 1.46. The van der Waals surface area contributed by atoms with Gasteiger partial charge in [0.25, 0.3) is 11.1 Å². The fourth-order valence-corrected chi connectivity index (χ4v) is 2.74. The van der Waals surface area contributed by atoms with Gasteiger partial charge >= 0.3 is 0 Å². The van der Waals surface area contributed by atoms with E-state index in [0.717, 1.165) is 17.1 Å². The van der Waals surface area contributed by atoms with Crippen LogP contribution in [0.3, 0.4) is 0 Å². The smallest absolute Gasteiger partial charge is 0.294 e. The molecule has 0 fully saturated rings. The van der Waals surface area contributed by atoms with E-state index >= 15 is 0 Å². The Balaban J connectivity index is 0.000000289. The lowest BCUT2D eigenvalue weighted by atomic mass is 10.2. The Morgan fingerprint density at radius 3 is 1.57 bits per heavy atom. The zero-order valence-corrected chi connectivity index (χ0v) is 26.3. The van der Waals surface area contributed by atoms with Crippen LogP contribution in [0.1, 0.15) is 95.4 Å². The van der Waals surface area contributed by atoms with Crippen molar-refractivity contribution in [1.29, 1.82) is 0 Å². The minimum Gasteiger partial charge on any atom is -0.385 e. The van der Waals surface area contributed by atoms with Gasteiger partial charge < -0.3 is 43.5 Å². The van der Waals surface area contributed by atoms with Crippen molar-refractivity contribution in [3.63, 3.8) is 0 Å². The maximum absolute atomic E-state index is 11.1. The number of carbonyl (C=O) groups excluding carboxylic acids is 3. The molecule has 0 aliphatic rings. The van der Waals surface area contributed by atoms with Crippen LogP contribution in [0.25, 0.3) is 0 Å². The van der Waals surface area contributed by atoms with Gasteiger partial charge in [0.1, 0.15) is 12.8 Å². The summed E-state index contributed by atoms with van der Waals surface area (Å²) in [5, 5.41) is 34.0. The summed E-state index contributed by atoms with van der Waals surface area (Å²) in [6.45, 7) is 5.34. The maximum atomic E-state index is 11.1.